The summed E-state index contributed by atoms with van der Waals surface area (Å²) >= 11 is 0. The Kier molecular flexibility index (Phi) is 5.57. The Labute approximate surface area is 153 Å². The van der Waals surface area contributed by atoms with Crippen LogP contribution in [-0.2, 0) is 10.9 Å². The second kappa shape index (κ2) is 7.41. The molecule has 0 aliphatic heterocycles. The maximum Gasteiger partial charge on any atom is 0.573 e. The number of nitrogens with two attached hydrogens (primary N) is 1. The number of benzene rings is 2. The van der Waals surface area contributed by atoms with E-state index < -0.39 is 46.9 Å². The van der Waals surface area contributed by atoms with Crippen molar-refractivity contribution in [3.05, 3.63) is 53.1 Å². The van der Waals surface area contributed by atoms with E-state index in [1.54, 1.807) is 0 Å². The maximum atomic E-state index is 13.0. The van der Waals surface area contributed by atoms with Crippen molar-refractivity contribution < 1.29 is 45.4 Å². The van der Waals surface area contributed by atoms with Crippen molar-refractivity contribution in [2.24, 2.45) is 5.73 Å². The zero-order valence-electron chi connectivity index (χ0n) is 13.9. The molecule has 0 bridgehead atoms. The number of methoxy groups -OCH3 is 1. The van der Waals surface area contributed by atoms with Gasteiger partial charge < -0.3 is 15.2 Å². The number of hydrogen-bond acceptors (Lipinski definition) is 4. The Morgan fingerprint density at radius 3 is 2.04 bits per heavy atom. The molecule has 5 nitrogen and oxygen atoms in total. The Balaban J connectivity index is 2.75. The van der Waals surface area contributed by atoms with Crippen LogP contribution in [0.4, 0.5) is 26.3 Å². The van der Waals surface area contributed by atoms with Crippen molar-refractivity contribution in [2.45, 2.75) is 12.5 Å². The van der Waals surface area contributed by atoms with Crippen molar-refractivity contribution >= 4 is 11.9 Å². The van der Waals surface area contributed by atoms with E-state index in [-0.39, 0.29) is 11.1 Å². The molecule has 2 aromatic rings. The maximum absolute atomic E-state index is 13.0. The molecule has 0 unspecified atom stereocenters. The summed E-state index contributed by atoms with van der Waals surface area (Å²) in [6, 6.07) is 4.30. The van der Waals surface area contributed by atoms with Gasteiger partial charge in [0.25, 0.3) is 0 Å². The number of esters is 1. The third-order valence-electron chi connectivity index (χ3n) is 3.53. The lowest BCUT2D eigenvalue weighted by Crippen LogP contribution is -2.18. The molecule has 0 saturated carbocycles. The molecule has 0 radical (unpaired) electrons. The van der Waals surface area contributed by atoms with Gasteiger partial charge in [-0.2, -0.15) is 13.2 Å². The third kappa shape index (κ3) is 4.72. The highest BCUT2D eigenvalue weighted by Gasteiger charge is 2.33. The third-order valence-corrected chi connectivity index (χ3v) is 3.53. The number of hydrogen-bond donors (Lipinski definition) is 1. The largest absolute Gasteiger partial charge is 0.573 e. The minimum atomic E-state index is -5.07. The molecule has 150 valence electrons. The summed E-state index contributed by atoms with van der Waals surface area (Å²) in [7, 11) is 0.921. The molecule has 2 N–H and O–H groups in total. The Hall–Kier alpha value is -3.24. The van der Waals surface area contributed by atoms with E-state index in [0.717, 1.165) is 25.3 Å². The molecule has 2 aromatic carbocycles. The van der Waals surface area contributed by atoms with E-state index in [0.29, 0.717) is 18.2 Å². The molecule has 28 heavy (non-hydrogen) atoms. The first-order chi connectivity index (χ1) is 12.8. The first kappa shape index (κ1) is 21.1. The van der Waals surface area contributed by atoms with Gasteiger partial charge in [-0.05, 0) is 47.5 Å². The van der Waals surface area contributed by atoms with Gasteiger partial charge in [0.05, 0.1) is 18.2 Å². The SMILES string of the molecule is COC(=O)c1cc(OC(F)(F)F)ccc1-c1cc(C(F)(F)F)ccc1C(N)=O. The minimum absolute atomic E-state index is 0.290. The van der Waals surface area contributed by atoms with Gasteiger partial charge in [0.1, 0.15) is 5.75 Å². The van der Waals surface area contributed by atoms with Gasteiger partial charge in [-0.25, -0.2) is 4.79 Å². The van der Waals surface area contributed by atoms with E-state index in [9.17, 15) is 35.9 Å². The zero-order chi connectivity index (χ0) is 21.3. The molecule has 11 heteroatoms. The summed E-state index contributed by atoms with van der Waals surface area (Å²) in [5, 5.41) is 0. The molecule has 0 saturated heterocycles. The lowest BCUT2D eigenvalue weighted by atomic mass is 9.93. The summed E-state index contributed by atoms with van der Waals surface area (Å²) in [4.78, 5) is 23.6. The van der Waals surface area contributed by atoms with Crippen molar-refractivity contribution in [3.8, 4) is 16.9 Å². The lowest BCUT2D eigenvalue weighted by molar-refractivity contribution is -0.274. The Morgan fingerprint density at radius 1 is 0.893 bits per heavy atom. The van der Waals surface area contributed by atoms with Crippen molar-refractivity contribution in [1.29, 1.82) is 0 Å². The topological polar surface area (TPSA) is 78.6 Å². The smallest absolute Gasteiger partial charge is 0.465 e. The number of carbonyl (C=O) groups excluding carboxylic acids is 2. The van der Waals surface area contributed by atoms with Crippen LogP contribution in [0.3, 0.4) is 0 Å². The quantitative estimate of drug-likeness (QED) is 0.610. The second-order valence-corrected chi connectivity index (χ2v) is 5.37. The van der Waals surface area contributed by atoms with E-state index in [1.807, 2.05) is 0 Å². The Morgan fingerprint density at radius 2 is 1.54 bits per heavy atom. The number of alkyl halides is 6. The van der Waals surface area contributed by atoms with Crippen LogP contribution in [0, 0.1) is 0 Å². The number of amides is 1. The first-order valence-corrected chi connectivity index (χ1v) is 7.33. The molecule has 2 rings (SSSR count). The number of rotatable bonds is 4. The first-order valence-electron chi connectivity index (χ1n) is 7.33. The fourth-order valence-corrected chi connectivity index (χ4v) is 2.39. The van der Waals surface area contributed by atoms with Crippen molar-refractivity contribution in [2.75, 3.05) is 7.11 Å². The molecular formula is C17H11F6NO4. The molecular weight excluding hydrogens is 396 g/mol. The molecule has 1 amide bonds. The van der Waals surface area contributed by atoms with Gasteiger partial charge in [0.15, 0.2) is 0 Å². The van der Waals surface area contributed by atoms with Crippen LogP contribution in [0.25, 0.3) is 11.1 Å². The van der Waals surface area contributed by atoms with Gasteiger partial charge in [-0.3, -0.25) is 4.79 Å². The molecule has 0 aliphatic rings. The average molecular weight is 407 g/mol. The van der Waals surface area contributed by atoms with E-state index in [2.05, 4.69) is 9.47 Å². The van der Waals surface area contributed by atoms with Crippen molar-refractivity contribution in [3.63, 3.8) is 0 Å². The van der Waals surface area contributed by atoms with Crippen LogP contribution in [-0.4, -0.2) is 25.3 Å². The van der Waals surface area contributed by atoms with E-state index in [4.69, 9.17) is 5.73 Å². The highest BCUT2D eigenvalue weighted by molar-refractivity contribution is 6.04. The molecule has 0 aliphatic carbocycles. The van der Waals surface area contributed by atoms with Crippen LogP contribution in [0.2, 0.25) is 0 Å². The van der Waals surface area contributed by atoms with E-state index >= 15 is 0 Å². The standard InChI is InChI=1S/C17H11F6NO4/c1-27-15(26)13-7-9(28-17(21,22)23)3-5-10(13)12-6-8(16(18,19)20)2-4-11(12)14(24)25/h2-7H,1H3,(H2,24,25). The van der Waals surface area contributed by atoms with Crippen LogP contribution < -0.4 is 10.5 Å². The van der Waals surface area contributed by atoms with E-state index in [1.165, 1.54) is 0 Å². The molecule has 0 heterocycles. The number of primary amides is 1. The lowest BCUT2D eigenvalue weighted by Gasteiger charge is -2.16. The number of halogens is 6. The van der Waals surface area contributed by atoms with Gasteiger partial charge in [0.2, 0.25) is 5.91 Å². The Bertz CT molecular complexity index is 921. The fourth-order valence-electron chi connectivity index (χ4n) is 2.39. The fraction of sp³-hybridized carbons (Fsp3) is 0.176. The highest BCUT2D eigenvalue weighted by atomic mass is 19.4. The average Bonchev–Trinajstić information content (AvgIpc) is 2.58. The van der Waals surface area contributed by atoms with Gasteiger partial charge >= 0.3 is 18.5 Å². The molecule has 0 atom stereocenters. The zero-order valence-corrected chi connectivity index (χ0v) is 13.9. The van der Waals surface area contributed by atoms with Crippen LogP contribution >= 0.6 is 0 Å². The normalized spacial score (nSPS) is 11.8. The highest BCUT2D eigenvalue weighted by Crippen LogP contribution is 2.37. The van der Waals surface area contributed by atoms with Crippen LogP contribution in [0.15, 0.2) is 36.4 Å². The second-order valence-electron chi connectivity index (χ2n) is 5.37. The van der Waals surface area contributed by atoms with Gasteiger partial charge in [-0.1, -0.05) is 0 Å². The summed E-state index contributed by atoms with van der Waals surface area (Å²) < 4.78 is 84.5. The van der Waals surface area contributed by atoms with Crippen LogP contribution in [0.1, 0.15) is 26.3 Å². The van der Waals surface area contributed by atoms with Gasteiger partial charge in [-0.15, -0.1) is 13.2 Å². The summed E-state index contributed by atoms with van der Waals surface area (Å²) in [5.41, 5.74) is 2.40. The predicted molar refractivity (Wildman–Crippen MR) is 83.4 cm³/mol. The van der Waals surface area contributed by atoms with Crippen molar-refractivity contribution in [1.82, 2.24) is 0 Å². The van der Waals surface area contributed by atoms with Gasteiger partial charge in [0, 0.05) is 5.56 Å². The molecule has 0 fully saturated rings. The summed E-state index contributed by atoms with van der Waals surface area (Å²) in [5.74, 6) is -3.06. The summed E-state index contributed by atoms with van der Waals surface area (Å²) in [6.45, 7) is 0. The molecule has 0 aromatic heterocycles. The van der Waals surface area contributed by atoms with Crippen LogP contribution in [0.5, 0.6) is 5.75 Å². The monoisotopic (exact) mass is 407 g/mol. The summed E-state index contributed by atoms with van der Waals surface area (Å²) in [6.07, 6.45) is -9.85. The number of ether oxygens (including phenoxy) is 2. The minimum Gasteiger partial charge on any atom is -0.465 e. The number of carbonyl (C=O) groups is 2. The molecule has 0 spiro atoms. The predicted octanol–water partition coefficient (Wildman–Crippen LogP) is 4.16.